The van der Waals surface area contributed by atoms with E-state index in [1.165, 1.54) is 21.6 Å². The van der Waals surface area contributed by atoms with E-state index >= 15 is 0 Å². The summed E-state index contributed by atoms with van der Waals surface area (Å²) >= 11 is 5.39. The molecular weight excluding hydrogens is 306 g/mol. The van der Waals surface area contributed by atoms with Gasteiger partial charge in [-0.05, 0) is 60.7 Å². The van der Waals surface area contributed by atoms with Crippen molar-refractivity contribution in [3.63, 3.8) is 0 Å². The molecule has 1 atom stereocenters. The lowest BCUT2D eigenvalue weighted by Gasteiger charge is -2.18. The fraction of sp³-hybridized carbons (Fsp3) is 0.333. The fourth-order valence-corrected chi connectivity index (χ4v) is 3.53. The van der Waals surface area contributed by atoms with E-state index in [0.29, 0.717) is 0 Å². The lowest BCUT2D eigenvalue weighted by atomic mass is 9.99. The molecule has 2 rings (SSSR count). The van der Waals surface area contributed by atoms with E-state index in [4.69, 9.17) is 0 Å². The Morgan fingerprint density at radius 1 is 1.17 bits per heavy atom. The summed E-state index contributed by atoms with van der Waals surface area (Å²) in [6, 6.07) is 9.16. The van der Waals surface area contributed by atoms with Gasteiger partial charge in [0.25, 0.3) is 0 Å². The van der Waals surface area contributed by atoms with Crippen LogP contribution in [0.2, 0.25) is 0 Å². The van der Waals surface area contributed by atoms with Crippen molar-refractivity contribution in [3.05, 3.63) is 55.7 Å². The zero-order chi connectivity index (χ0) is 13.1. The van der Waals surface area contributed by atoms with Gasteiger partial charge in [-0.25, -0.2) is 0 Å². The van der Waals surface area contributed by atoms with Crippen LogP contribution in [0.15, 0.2) is 34.1 Å². The summed E-state index contributed by atoms with van der Waals surface area (Å²) < 4.78 is 1.15. The van der Waals surface area contributed by atoms with Gasteiger partial charge in [0.2, 0.25) is 0 Å². The number of hydrogen-bond acceptors (Lipinski definition) is 2. The number of aryl methyl sites for hydroxylation is 2. The van der Waals surface area contributed by atoms with Gasteiger partial charge in [0.15, 0.2) is 0 Å². The van der Waals surface area contributed by atoms with Crippen LogP contribution in [0, 0.1) is 13.8 Å². The fourth-order valence-electron chi connectivity index (χ4n) is 2.18. The van der Waals surface area contributed by atoms with Gasteiger partial charge < -0.3 is 5.32 Å². The first-order chi connectivity index (χ1) is 8.60. The Kier molecular flexibility index (Phi) is 4.60. The van der Waals surface area contributed by atoms with E-state index in [0.717, 1.165) is 11.0 Å². The average molecular weight is 324 g/mol. The van der Waals surface area contributed by atoms with E-state index < -0.39 is 0 Å². The molecule has 2 aromatic rings. The predicted molar refractivity (Wildman–Crippen MR) is 83.5 cm³/mol. The lowest BCUT2D eigenvalue weighted by molar-refractivity contribution is 0.631. The normalized spacial score (nSPS) is 12.7. The van der Waals surface area contributed by atoms with Gasteiger partial charge >= 0.3 is 0 Å². The minimum absolute atomic E-state index is 0.288. The summed E-state index contributed by atoms with van der Waals surface area (Å²) in [5.41, 5.74) is 3.97. The molecule has 1 heterocycles. The number of nitrogens with one attached hydrogen (secondary N) is 1. The second-order valence-corrected chi connectivity index (χ2v) is 6.57. The third-order valence-electron chi connectivity index (χ3n) is 2.89. The van der Waals surface area contributed by atoms with Crippen LogP contribution in [-0.2, 0) is 0 Å². The van der Waals surface area contributed by atoms with Crippen molar-refractivity contribution >= 4 is 27.3 Å². The second-order valence-electron chi connectivity index (χ2n) is 4.54. The van der Waals surface area contributed by atoms with Gasteiger partial charge in [-0.2, -0.15) is 0 Å². The number of thiophene rings is 1. The number of halogens is 1. The largest absolute Gasteiger partial charge is 0.307 e. The standard InChI is InChI=1S/C15H18BrNS/c1-4-17-15(13-7-11(3)18-9-13)12-5-10(2)6-14(16)8-12/h5-9,15,17H,4H2,1-3H3. The van der Waals surface area contributed by atoms with E-state index in [1.807, 2.05) is 11.3 Å². The second kappa shape index (κ2) is 6.00. The Bertz CT molecular complexity index is 513. The molecule has 0 saturated carbocycles. The molecule has 18 heavy (non-hydrogen) atoms. The van der Waals surface area contributed by atoms with Crippen LogP contribution in [0.25, 0.3) is 0 Å². The highest BCUT2D eigenvalue weighted by molar-refractivity contribution is 9.10. The van der Waals surface area contributed by atoms with Gasteiger partial charge in [-0.3, -0.25) is 0 Å². The van der Waals surface area contributed by atoms with Crippen molar-refractivity contribution in [2.75, 3.05) is 6.54 Å². The van der Waals surface area contributed by atoms with Crippen LogP contribution < -0.4 is 5.32 Å². The molecule has 0 fully saturated rings. The summed E-state index contributed by atoms with van der Waals surface area (Å²) in [5, 5.41) is 5.82. The van der Waals surface area contributed by atoms with Gasteiger partial charge in [0, 0.05) is 9.35 Å². The van der Waals surface area contributed by atoms with Crippen molar-refractivity contribution in [2.45, 2.75) is 26.8 Å². The molecule has 0 aliphatic heterocycles. The molecule has 0 saturated heterocycles. The smallest absolute Gasteiger partial charge is 0.0585 e. The van der Waals surface area contributed by atoms with Crippen LogP contribution in [-0.4, -0.2) is 6.54 Å². The van der Waals surface area contributed by atoms with Crippen LogP contribution in [0.1, 0.15) is 34.5 Å². The molecule has 96 valence electrons. The third-order valence-corrected chi connectivity index (χ3v) is 4.23. The van der Waals surface area contributed by atoms with E-state index in [1.54, 1.807) is 0 Å². The number of benzene rings is 1. The van der Waals surface area contributed by atoms with Gasteiger partial charge in [-0.15, -0.1) is 11.3 Å². The van der Waals surface area contributed by atoms with Crippen LogP contribution in [0.3, 0.4) is 0 Å². The predicted octanol–water partition coefficient (Wildman–Crippen LogP) is 4.83. The zero-order valence-corrected chi connectivity index (χ0v) is 13.4. The Balaban J connectivity index is 2.40. The molecule has 3 heteroatoms. The molecule has 1 N–H and O–H groups in total. The summed E-state index contributed by atoms with van der Waals surface area (Å²) in [5.74, 6) is 0. The molecule has 1 unspecified atom stereocenters. The Morgan fingerprint density at radius 3 is 2.50 bits per heavy atom. The minimum Gasteiger partial charge on any atom is -0.307 e. The van der Waals surface area contributed by atoms with Crippen LogP contribution in [0.4, 0.5) is 0 Å². The van der Waals surface area contributed by atoms with Gasteiger partial charge in [-0.1, -0.05) is 28.9 Å². The average Bonchev–Trinajstić information content (AvgIpc) is 2.71. The Hall–Kier alpha value is -0.640. The molecule has 0 spiro atoms. The highest BCUT2D eigenvalue weighted by Crippen LogP contribution is 2.28. The van der Waals surface area contributed by atoms with Crippen molar-refractivity contribution in [1.82, 2.24) is 5.32 Å². The van der Waals surface area contributed by atoms with E-state index in [-0.39, 0.29) is 6.04 Å². The highest BCUT2D eigenvalue weighted by Gasteiger charge is 2.14. The molecule has 0 aliphatic rings. The van der Waals surface area contributed by atoms with E-state index in [9.17, 15) is 0 Å². The maximum atomic E-state index is 3.58. The molecule has 0 amide bonds. The molecule has 0 aliphatic carbocycles. The first-order valence-corrected chi connectivity index (χ1v) is 7.83. The topological polar surface area (TPSA) is 12.0 Å². The van der Waals surface area contributed by atoms with Crippen molar-refractivity contribution in [2.24, 2.45) is 0 Å². The molecule has 1 aromatic carbocycles. The molecule has 0 bridgehead atoms. The van der Waals surface area contributed by atoms with Crippen molar-refractivity contribution in [1.29, 1.82) is 0 Å². The molecule has 1 aromatic heterocycles. The van der Waals surface area contributed by atoms with Crippen LogP contribution >= 0.6 is 27.3 Å². The Labute approximate surface area is 121 Å². The number of hydrogen-bond donors (Lipinski definition) is 1. The summed E-state index contributed by atoms with van der Waals surface area (Å²) in [7, 11) is 0. The third kappa shape index (κ3) is 3.22. The first kappa shape index (κ1) is 13.8. The van der Waals surface area contributed by atoms with Gasteiger partial charge in [0.05, 0.1) is 6.04 Å². The molecular formula is C15H18BrNS. The summed E-state index contributed by atoms with van der Waals surface area (Å²) in [4.78, 5) is 1.36. The summed E-state index contributed by atoms with van der Waals surface area (Å²) in [6.45, 7) is 7.40. The summed E-state index contributed by atoms with van der Waals surface area (Å²) in [6.07, 6.45) is 0. The highest BCUT2D eigenvalue weighted by atomic mass is 79.9. The van der Waals surface area contributed by atoms with Crippen LogP contribution in [0.5, 0.6) is 0 Å². The maximum Gasteiger partial charge on any atom is 0.0585 e. The van der Waals surface area contributed by atoms with Gasteiger partial charge in [0.1, 0.15) is 0 Å². The van der Waals surface area contributed by atoms with E-state index in [2.05, 4.69) is 71.7 Å². The number of rotatable bonds is 4. The van der Waals surface area contributed by atoms with Crippen molar-refractivity contribution < 1.29 is 0 Å². The molecule has 0 radical (unpaired) electrons. The quantitative estimate of drug-likeness (QED) is 0.850. The lowest BCUT2D eigenvalue weighted by Crippen LogP contribution is -2.21. The van der Waals surface area contributed by atoms with Crippen molar-refractivity contribution in [3.8, 4) is 0 Å². The SMILES string of the molecule is CCNC(c1cc(C)cc(Br)c1)c1csc(C)c1. The maximum absolute atomic E-state index is 3.58. The zero-order valence-electron chi connectivity index (χ0n) is 11.0. The molecule has 1 nitrogen and oxygen atoms in total. The Morgan fingerprint density at radius 2 is 1.94 bits per heavy atom. The minimum atomic E-state index is 0.288. The monoisotopic (exact) mass is 323 g/mol. The first-order valence-electron chi connectivity index (χ1n) is 6.15.